The van der Waals surface area contributed by atoms with Crippen molar-refractivity contribution < 1.29 is 22.0 Å². The molecule has 0 aliphatic heterocycles. The standard InChI is InChI=1S/C14H5Cl4F5N2S2/c1-26-12-10(27-14(18,22)23)6(4-24)11(17)25(12)9-7(15)2-5(3-8(9)16)13(19,20)21/h2-3H,1H3. The predicted molar refractivity (Wildman–Crippen MR) is 99.0 cm³/mol. The van der Waals surface area contributed by atoms with Gasteiger partial charge in [0.1, 0.15) is 16.8 Å². The fourth-order valence-electron chi connectivity index (χ4n) is 2.14. The molecule has 2 rings (SSSR count). The lowest BCUT2D eigenvalue weighted by Gasteiger charge is -2.16. The highest BCUT2D eigenvalue weighted by molar-refractivity contribution is 8.03. The van der Waals surface area contributed by atoms with Crippen LogP contribution in [0, 0.1) is 11.3 Å². The summed E-state index contributed by atoms with van der Waals surface area (Å²) >= 11 is 23.8. The third-order valence-corrected chi connectivity index (χ3v) is 6.02. The molecule has 0 amide bonds. The molecule has 1 aromatic carbocycles. The SMILES string of the molecule is CSc1c(SC(F)(F)Cl)c(C#N)c(Cl)n1-c1c(Cl)cc(C(F)(F)F)cc1Cl. The molecule has 0 aliphatic rings. The number of nitriles is 1. The molecule has 0 radical (unpaired) electrons. The molecule has 0 fully saturated rings. The van der Waals surface area contributed by atoms with E-state index >= 15 is 0 Å². The Morgan fingerprint density at radius 2 is 1.59 bits per heavy atom. The van der Waals surface area contributed by atoms with Crippen molar-refractivity contribution in [3.63, 3.8) is 0 Å². The van der Waals surface area contributed by atoms with Crippen LogP contribution in [0.25, 0.3) is 5.69 Å². The van der Waals surface area contributed by atoms with Gasteiger partial charge in [0.2, 0.25) is 0 Å². The number of halogens is 9. The van der Waals surface area contributed by atoms with Crippen LogP contribution in [-0.4, -0.2) is 15.5 Å². The van der Waals surface area contributed by atoms with Gasteiger partial charge in [0.25, 0.3) is 0 Å². The molecule has 0 unspecified atom stereocenters. The summed E-state index contributed by atoms with van der Waals surface area (Å²) in [5, 5.41) is 8.11. The van der Waals surface area contributed by atoms with Crippen molar-refractivity contribution in [2.24, 2.45) is 0 Å². The van der Waals surface area contributed by atoms with Crippen molar-refractivity contribution in [3.05, 3.63) is 38.5 Å². The lowest BCUT2D eigenvalue weighted by molar-refractivity contribution is -0.137. The molecule has 27 heavy (non-hydrogen) atoms. The van der Waals surface area contributed by atoms with E-state index < -0.39 is 26.5 Å². The molecule has 0 saturated carbocycles. The molecule has 13 heteroatoms. The van der Waals surface area contributed by atoms with Crippen LogP contribution in [0.5, 0.6) is 0 Å². The van der Waals surface area contributed by atoms with Gasteiger partial charge in [-0.3, -0.25) is 4.57 Å². The Morgan fingerprint density at radius 3 is 1.96 bits per heavy atom. The van der Waals surface area contributed by atoms with E-state index in [2.05, 4.69) is 0 Å². The fraction of sp³-hybridized carbons (Fsp3) is 0.214. The van der Waals surface area contributed by atoms with Crippen molar-refractivity contribution in [1.82, 2.24) is 4.57 Å². The van der Waals surface area contributed by atoms with Crippen LogP contribution in [0.2, 0.25) is 15.2 Å². The molecule has 0 atom stereocenters. The summed E-state index contributed by atoms with van der Waals surface area (Å²) in [5.41, 5.74) is -1.61. The van der Waals surface area contributed by atoms with E-state index in [9.17, 15) is 27.2 Å². The smallest absolute Gasteiger partial charge is 0.290 e. The molecule has 0 spiro atoms. The summed E-state index contributed by atoms with van der Waals surface area (Å²) in [6, 6.07) is 2.93. The van der Waals surface area contributed by atoms with E-state index in [0.29, 0.717) is 12.1 Å². The first-order chi connectivity index (χ1) is 12.3. The summed E-state index contributed by atoms with van der Waals surface area (Å²) in [4.78, 5) is -0.248. The van der Waals surface area contributed by atoms with E-state index in [0.717, 1.165) is 16.3 Å². The molecule has 0 aliphatic carbocycles. The van der Waals surface area contributed by atoms with E-state index in [4.69, 9.17) is 46.4 Å². The summed E-state index contributed by atoms with van der Waals surface area (Å²) in [6.45, 7) is 0. The molecule has 0 N–H and O–H groups in total. The number of thioether (sulfide) groups is 2. The van der Waals surface area contributed by atoms with Crippen LogP contribution < -0.4 is 0 Å². The van der Waals surface area contributed by atoms with Gasteiger partial charge in [-0.1, -0.05) is 34.8 Å². The van der Waals surface area contributed by atoms with Gasteiger partial charge in [-0.05, 0) is 41.8 Å². The van der Waals surface area contributed by atoms with Crippen LogP contribution in [-0.2, 0) is 6.18 Å². The normalized spacial score (nSPS) is 12.3. The number of aromatic nitrogens is 1. The van der Waals surface area contributed by atoms with Crippen LogP contribution >= 0.6 is 69.9 Å². The highest BCUT2D eigenvalue weighted by Gasteiger charge is 2.36. The minimum atomic E-state index is -4.70. The van der Waals surface area contributed by atoms with E-state index in [1.54, 1.807) is 6.07 Å². The third-order valence-electron chi connectivity index (χ3n) is 3.12. The van der Waals surface area contributed by atoms with Crippen molar-refractivity contribution in [1.29, 1.82) is 5.26 Å². The molecule has 1 heterocycles. The first kappa shape index (κ1) is 22.8. The second kappa shape index (κ2) is 8.09. The number of nitrogens with zero attached hydrogens (tertiary/aromatic N) is 2. The van der Waals surface area contributed by atoms with Gasteiger partial charge in [-0.25, -0.2) is 0 Å². The first-order valence-corrected chi connectivity index (χ1v) is 10.1. The lowest BCUT2D eigenvalue weighted by atomic mass is 10.2. The van der Waals surface area contributed by atoms with Crippen LogP contribution in [0.15, 0.2) is 22.1 Å². The number of hydrogen-bond donors (Lipinski definition) is 0. The molecule has 0 saturated heterocycles. The zero-order chi connectivity index (χ0) is 20.7. The van der Waals surface area contributed by atoms with E-state index in [1.165, 1.54) is 6.26 Å². The summed E-state index contributed by atoms with van der Waals surface area (Å²) in [6.07, 6.45) is -3.21. The lowest BCUT2D eigenvalue weighted by Crippen LogP contribution is -2.07. The van der Waals surface area contributed by atoms with Crippen LogP contribution in [0.4, 0.5) is 22.0 Å². The Balaban J connectivity index is 2.83. The Bertz CT molecular complexity index is 909. The Kier molecular flexibility index (Phi) is 6.83. The second-order valence-corrected chi connectivity index (χ2v) is 8.58. The predicted octanol–water partition coefficient (Wildman–Crippen LogP) is 7.93. The maximum Gasteiger partial charge on any atom is 0.416 e. The van der Waals surface area contributed by atoms with Gasteiger partial charge in [0.15, 0.2) is 0 Å². The quantitative estimate of drug-likeness (QED) is 0.242. The Hall–Kier alpha value is -0.500. The topological polar surface area (TPSA) is 28.7 Å². The number of benzene rings is 1. The first-order valence-electron chi connectivity index (χ1n) is 6.52. The number of hydrogen-bond acceptors (Lipinski definition) is 3. The minimum absolute atomic E-state index is 0.0189. The molecule has 0 bridgehead atoms. The fourth-order valence-corrected chi connectivity index (χ4v) is 5.12. The molecule has 1 aromatic heterocycles. The van der Waals surface area contributed by atoms with E-state index in [1.807, 2.05) is 0 Å². The molecule has 146 valence electrons. The van der Waals surface area contributed by atoms with Crippen molar-refractivity contribution in [2.75, 3.05) is 6.26 Å². The average molecular weight is 502 g/mol. The van der Waals surface area contributed by atoms with Gasteiger partial charge >= 0.3 is 10.9 Å². The third kappa shape index (κ3) is 4.74. The second-order valence-electron chi connectivity index (χ2n) is 4.79. The highest BCUT2D eigenvalue weighted by atomic mass is 35.5. The minimum Gasteiger partial charge on any atom is -0.290 e. The maximum atomic E-state index is 13.3. The summed E-state index contributed by atoms with van der Waals surface area (Å²) < 4.78 is 62.7. The van der Waals surface area contributed by atoms with Gasteiger partial charge in [0, 0.05) is 0 Å². The summed E-state index contributed by atoms with van der Waals surface area (Å²) in [7, 11) is 0. The van der Waals surface area contributed by atoms with E-state index in [-0.39, 0.29) is 38.1 Å². The number of alkyl halides is 6. The van der Waals surface area contributed by atoms with Gasteiger partial charge in [-0.2, -0.15) is 27.2 Å². The highest BCUT2D eigenvalue weighted by Crippen LogP contribution is 2.50. The largest absolute Gasteiger partial charge is 0.416 e. The average Bonchev–Trinajstić information content (AvgIpc) is 2.75. The monoisotopic (exact) mass is 500 g/mol. The molecule has 2 aromatic rings. The van der Waals surface area contributed by atoms with Crippen LogP contribution in [0.3, 0.4) is 0 Å². The van der Waals surface area contributed by atoms with Crippen molar-refractivity contribution in [2.45, 2.75) is 20.8 Å². The molecular weight excluding hydrogens is 497 g/mol. The van der Waals surface area contributed by atoms with Crippen LogP contribution in [0.1, 0.15) is 11.1 Å². The number of rotatable bonds is 4. The zero-order valence-corrected chi connectivity index (χ0v) is 17.4. The van der Waals surface area contributed by atoms with Gasteiger partial charge in [-0.15, -0.1) is 11.8 Å². The Morgan fingerprint density at radius 1 is 1.07 bits per heavy atom. The van der Waals surface area contributed by atoms with Crippen molar-refractivity contribution in [3.8, 4) is 11.8 Å². The maximum absolute atomic E-state index is 13.3. The van der Waals surface area contributed by atoms with Gasteiger partial charge in [0.05, 0.1) is 31.2 Å². The van der Waals surface area contributed by atoms with Gasteiger partial charge < -0.3 is 0 Å². The zero-order valence-electron chi connectivity index (χ0n) is 12.8. The van der Waals surface area contributed by atoms with Crippen molar-refractivity contribution >= 4 is 69.9 Å². The molecule has 2 nitrogen and oxygen atoms in total. The molecular formula is C14H5Cl4F5N2S2. The Labute approximate surface area is 178 Å². The summed E-state index contributed by atoms with van der Waals surface area (Å²) in [5.74, 6) is 0.